The molecule has 0 fully saturated rings. The van der Waals surface area contributed by atoms with Crippen molar-refractivity contribution in [1.82, 2.24) is 0 Å². The molecule has 3 rings (SSSR count). The molecule has 2 aromatic carbocycles. The van der Waals surface area contributed by atoms with Gasteiger partial charge in [-0.3, -0.25) is 0 Å². The zero-order chi connectivity index (χ0) is 14.7. The summed E-state index contributed by atoms with van der Waals surface area (Å²) in [6, 6.07) is 19.4. The van der Waals surface area contributed by atoms with E-state index >= 15 is 0 Å². The van der Waals surface area contributed by atoms with E-state index in [0.717, 1.165) is 11.1 Å². The molecule has 0 spiro atoms. The molecule has 0 radical (unpaired) electrons. The quantitative estimate of drug-likeness (QED) is 0.631. The van der Waals surface area contributed by atoms with Crippen molar-refractivity contribution in [2.75, 3.05) is 0 Å². The van der Waals surface area contributed by atoms with Crippen LogP contribution in [0.5, 0.6) is 0 Å². The topological polar surface area (TPSA) is 50.1 Å². The second kappa shape index (κ2) is 5.41. The molecule has 0 aromatic heterocycles. The Bertz CT molecular complexity index is 703. The Labute approximate surface area is 123 Å². The molecule has 21 heavy (non-hydrogen) atoms. The Hall–Kier alpha value is -2.60. The predicted molar refractivity (Wildman–Crippen MR) is 78.5 cm³/mol. The molecule has 0 saturated carbocycles. The monoisotopic (exact) mass is 277 g/mol. The van der Waals surface area contributed by atoms with Crippen molar-refractivity contribution >= 4 is 5.97 Å². The third-order valence-corrected chi connectivity index (χ3v) is 3.91. The Morgan fingerprint density at radius 1 is 1.05 bits per heavy atom. The van der Waals surface area contributed by atoms with Crippen LogP contribution in [0, 0.1) is 11.3 Å². The van der Waals surface area contributed by atoms with Crippen molar-refractivity contribution in [2.45, 2.75) is 24.9 Å². The van der Waals surface area contributed by atoms with Crippen molar-refractivity contribution in [3.8, 4) is 6.07 Å². The molecule has 3 heteroatoms. The number of carbonyl (C=O) groups excluding carboxylic acids is 1. The third kappa shape index (κ3) is 2.19. The average molecular weight is 277 g/mol. The van der Waals surface area contributed by atoms with E-state index in [1.165, 1.54) is 0 Å². The number of rotatable bonds is 4. The van der Waals surface area contributed by atoms with Gasteiger partial charge < -0.3 is 4.74 Å². The molecule has 3 nitrogen and oxygen atoms in total. The molecule has 1 aliphatic rings. The minimum Gasteiger partial charge on any atom is -0.446 e. The maximum absolute atomic E-state index is 12.2. The zero-order valence-corrected chi connectivity index (χ0v) is 11.6. The molecule has 2 aromatic rings. The first kappa shape index (κ1) is 13.4. The molecule has 0 bridgehead atoms. The van der Waals surface area contributed by atoms with E-state index < -0.39 is 5.60 Å². The number of esters is 1. The van der Waals surface area contributed by atoms with Crippen LogP contribution < -0.4 is 0 Å². The normalized spacial score (nSPS) is 19.7. The summed E-state index contributed by atoms with van der Waals surface area (Å²) in [5, 5.41) is 8.78. The number of unbranched alkanes of at least 4 members (excludes halogenated alkanes) is 1. The molecule has 0 saturated heterocycles. The summed E-state index contributed by atoms with van der Waals surface area (Å²) in [4.78, 5) is 12.2. The van der Waals surface area contributed by atoms with Gasteiger partial charge in [0.1, 0.15) is 0 Å². The van der Waals surface area contributed by atoms with Crippen LogP contribution in [-0.4, -0.2) is 5.97 Å². The first-order valence-electron chi connectivity index (χ1n) is 7.03. The lowest BCUT2D eigenvalue weighted by Crippen LogP contribution is -2.27. The van der Waals surface area contributed by atoms with Crippen LogP contribution in [0.2, 0.25) is 0 Å². The minimum atomic E-state index is -0.758. The lowest BCUT2D eigenvalue weighted by atomic mass is 9.82. The number of nitriles is 1. The van der Waals surface area contributed by atoms with E-state index in [4.69, 9.17) is 10.00 Å². The number of benzene rings is 2. The van der Waals surface area contributed by atoms with Crippen LogP contribution in [0.3, 0.4) is 0 Å². The van der Waals surface area contributed by atoms with Crippen molar-refractivity contribution in [3.63, 3.8) is 0 Å². The highest BCUT2D eigenvalue weighted by atomic mass is 16.6. The van der Waals surface area contributed by atoms with Crippen LogP contribution in [0.4, 0.5) is 0 Å². The van der Waals surface area contributed by atoms with E-state index in [9.17, 15) is 4.79 Å². The SMILES string of the molecule is N#CCCCC1(c2ccccc2)OC(=O)c2ccccc21. The molecular weight excluding hydrogens is 262 g/mol. The summed E-state index contributed by atoms with van der Waals surface area (Å²) in [5.41, 5.74) is 1.73. The molecule has 0 aliphatic carbocycles. The smallest absolute Gasteiger partial charge is 0.339 e. The van der Waals surface area contributed by atoms with Gasteiger partial charge in [0.25, 0.3) is 0 Å². The van der Waals surface area contributed by atoms with Gasteiger partial charge in [0.15, 0.2) is 5.60 Å². The average Bonchev–Trinajstić information content (AvgIpc) is 2.83. The fourth-order valence-corrected chi connectivity index (χ4v) is 2.95. The van der Waals surface area contributed by atoms with Crippen LogP contribution in [0.15, 0.2) is 54.6 Å². The fraction of sp³-hybridized carbons (Fsp3) is 0.222. The summed E-state index contributed by atoms with van der Waals surface area (Å²) >= 11 is 0. The molecule has 1 atom stereocenters. The first-order chi connectivity index (χ1) is 10.3. The summed E-state index contributed by atoms with van der Waals surface area (Å²) in [5.74, 6) is -0.286. The summed E-state index contributed by atoms with van der Waals surface area (Å²) in [6.07, 6.45) is 1.76. The molecule has 104 valence electrons. The van der Waals surface area contributed by atoms with E-state index in [-0.39, 0.29) is 5.97 Å². The van der Waals surface area contributed by atoms with E-state index in [1.807, 2.05) is 48.5 Å². The number of cyclic esters (lactones) is 1. The van der Waals surface area contributed by atoms with E-state index in [2.05, 4.69) is 6.07 Å². The lowest BCUT2D eigenvalue weighted by Gasteiger charge is -2.29. The number of hydrogen-bond acceptors (Lipinski definition) is 3. The summed E-state index contributed by atoms with van der Waals surface area (Å²) < 4.78 is 5.80. The van der Waals surface area contributed by atoms with Gasteiger partial charge in [-0.1, -0.05) is 48.5 Å². The van der Waals surface area contributed by atoms with Gasteiger partial charge in [-0.25, -0.2) is 4.79 Å². The highest BCUT2D eigenvalue weighted by Gasteiger charge is 2.46. The molecule has 1 aliphatic heterocycles. The minimum absolute atomic E-state index is 0.286. The van der Waals surface area contributed by atoms with Crippen molar-refractivity contribution < 1.29 is 9.53 Å². The lowest BCUT2D eigenvalue weighted by molar-refractivity contribution is 0.00658. The largest absolute Gasteiger partial charge is 0.446 e. The number of fused-ring (bicyclic) bond motifs is 1. The Morgan fingerprint density at radius 2 is 1.76 bits per heavy atom. The van der Waals surface area contributed by atoms with Crippen LogP contribution in [0.1, 0.15) is 40.7 Å². The van der Waals surface area contributed by atoms with Gasteiger partial charge >= 0.3 is 5.97 Å². The van der Waals surface area contributed by atoms with E-state index in [1.54, 1.807) is 6.07 Å². The Morgan fingerprint density at radius 3 is 2.52 bits per heavy atom. The number of carbonyl (C=O) groups is 1. The van der Waals surface area contributed by atoms with Gasteiger partial charge in [0.2, 0.25) is 0 Å². The predicted octanol–water partition coefficient (Wildman–Crippen LogP) is 3.79. The van der Waals surface area contributed by atoms with Crippen LogP contribution in [-0.2, 0) is 10.3 Å². The van der Waals surface area contributed by atoms with Gasteiger partial charge in [0, 0.05) is 17.5 Å². The van der Waals surface area contributed by atoms with Gasteiger partial charge in [-0.05, 0) is 18.9 Å². The standard InChI is InChI=1S/C18H15NO2/c19-13-7-6-12-18(14-8-2-1-3-9-14)16-11-5-4-10-15(16)17(20)21-18/h1-5,8-11H,6-7,12H2. The van der Waals surface area contributed by atoms with E-state index in [0.29, 0.717) is 24.8 Å². The Balaban J connectivity index is 2.11. The number of nitrogens with zero attached hydrogens (tertiary/aromatic N) is 1. The van der Waals surface area contributed by atoms with Gasteiger partial charge in [0.05, 0.1) is 11.6 Å². The van der Waals surface area contributed by atoms with Crippen molar-refractivity contribution in [3.05, 3.63) is 71.3 Å². The maximum Gasteiger partial charge on any atom is 0.339 e. The Kier molecular flexibility index (Phi) is 3.45. The maximum atomic E-state index is 12.2. The molecule has 0 N–H and O–H groups in total. The van der Waals surface area contributed by atoms with Crippen molar-refractivity contribution in [2.24, 2.45) is 0 Å². The number of ether oxygens (including phenoxy) is 1. The first-order valence-corrected chi connectivity index (χ1v) is 7.03. The molecule has 0 amide bonds. The number of hydrogen-bond donors (Lipinski definition) is 0. The van der Waals surface area contributed by atoms with Gasteiger partial charge in [-0.2, -0.15) is 5.26 Å². The van der Waals surface area contributed by atoms with Crippen LogP contribution >= 0.6 is 0 Å². The van der Waals surface area contributed by atoms with Crippen molar-refractivity contribution in [1.29, 1.82) is 5.26 Å². The van der Waals surface area contributed by atoms with Gasteiger partial charge in [-0.15, -0.1) is 0 Å². The summed E-state index contributed by atoms with van der Waals surface area (Å²) in [6.45, 7) is 0. The highest BCUT2D eigenvalue weighted by molar-refractivity contribution is 5.95. The second-order valence-electron chi connectivity index (χ2n) is 5.14. The second-order valence-corrected chi connectivity index (χ2v) is 5.14. The summed E-state index contributed by atoms with van der Waals surface area (Å²) in [7, 11) is 0. The molecular formula is C18H15NO2. The third-order valence-electron chi connectivity index (χ3n) is 3.91. The van der Waals surface area contributed by atoms with Crippen LogP contribution in [0.25, 0.3) is 0 Å². The zero-order valence-electron chi connectivity index (χ0n) is 11.6. The molecule has 1 heterocycles. The highest BCUT2D eigenvalue weighted by Crippen LogP contribution is 2.45. The fourth-order valence-electron chi connectivity index (χ4n) is 2.95. The molecule has 1 unspecified atom stereocenters.